The standard InChI is InChI=1S/C23H28BN4O/c1-4-19(21-14-27-24-22(21)8-5-15(2)3)20(12-25)23(29)28-18-7-6-17-13-26-10-9-16(17)11-18/h5-11,13,20,27H,4,12,14,25H2,1-3H3,(H,28,29)/b21-19+,22-8+. The molecule has 1 fully saturated rings. The van der Waals surface area contributed by atoms with Gasteiger partial charge in [-0.05, 0) is 49.4 Å². The summed E-state index contributed by atoms with van der Waals surface area (Å²) in [5, 5.41) is 8.42. The average molecular weight is 387 g/mol. The summed E-state index contributed by atoms with van der Waals surface area (Å²) in [6, 6.07) is 7.77. The van der Waals surface area contributed by atoms with Crippen LogP contribution >= 0.6 is 0 Å². The minimum absolute atomic E-state index is 0.0706. The molecule has 0 spiro atoms. The molecule has 3 rings (SSSR count). The molecule has 6 heteroatoms. The highest BCUT2D eigenvalue weighted by Gasteiger charge is 2.27. The van der Waals surface area contributed by atoms with Crippen molar-refractivity contribution in [3.63, 3.8) is 0 Å². The van der Waals surface area contributed by atoms with Crippen LogP contribution in [0, 0.1) is 5.92 Å². The second kappa shape index (κ2) is 9.68. The maximum absolute atomic E-state index is 13.1. The third-order valence-corrected chi connectivity index (χ3v) is 5.13. The Bertz CT molecular complexity index is 989. The monoisotopic (exact) mass is 387 g/mol. The van der Waals surface area contributed by atoms with E-state index in [9.17, 15) is 4.79 Å². The van der Waals surface area contributed by atoms with Gasteiger partial charge in [-0.2, -0.15) is 0 Å². The molecule has 1 radical (unpaired) electrons. The predicted molar refractivity (Wildman–Crippen MR) is 122 cm³/mol. The smallest absolute Gasteiger partial charge is 0.245 e. The Hall–Kier alpha value is -2.70. The van der Waals surface area contributed by atoms with Gasteiger partial charge < -0.3 is 16.3 Å². The molecular formula is C23H28BN4O. The molecule has 149 valence electrons. The Labute approximate surface area is 173 Å². The van der Waals surface area contributed by atoms with Crippen LogP contribution in [-0.2, 0) is 4.79 Å². The van der Waals surface area contributed by atoms with Crippen LogP contribution in [0.4, 0.5) is 5.69 Å². The maximum Gasteiger partial charge on any atom is 0.245 e. The summed E-state index contributed by atoms with van der Waals surface area (Å²) < 4.78 is 0. The molecule has 5 nitrogen and oxygen atoms in total. The fourth-order valence-corrected chi connectivity index (χ4v) is 3.62. The summed E-state index contributed by atoms with van der Waals surface area (Å²) in [7, 11) is 2.01. The van der Waals surface area contributed by atoms with E-state index in [0.29, 0.717) is 0 Å². The first-order chi connectivity index (χ1) is 14.0. The summed E-state index contributed by atoms with van der Waals surface area (Å²) in [5.74, 6) is -0.440. The summed E-state index contributed by atoms with van der Waals surface area (Å²) in [6.07, 6.45) is 8.53. The molecule has 29 heavy (non-hydrogen) atoms. The minimum Gasteiger partial charge on any atom is -0.352 e. The highest BCUT2D eigenvalue weighted by molar-refractivity contribution is 6.46. The fraction of sp³-hybridized carbons (Fsp3) is 0.304. The normalized spacial score (nSPS) is 17.7. The average Bonchev–Trinajstić information content (AvgIpc) is 3.18. The van der Waals surface area contributed by atoms with Crippen LogP contribution in [0.2, 0.25) is 0 Å². The fourth-order valence-electron chi connectivity index (χ4n) is 3.62. The zero-order chi connectivity index (χ0) is 20.8. The van der Waals surface area contributed by atoms with Crippen LogP contribution in [0.3, 0.4) is 0 Å². The Balaban J connectivity index is 1.88. The Morgan fingerprint density at radius 3 is 2.90 bits per heavy atom. The summed E-state index contributed by atoms with van der Waals surface area (Å²) >= 11 is 0. The van der Waals surface area contributed by atoms with Gasteiger partial charge in [0.05, 0.1) is 5.92 Å². The van der Waals surface area contributed by atoms with E-state index >= 15 is 0 Å². The van der Waals surface area contributed by atoms with E-state index in [1.165, 1.54) is 11.1 Å². The number of carbonyl (C=O) groups excluding carboxylic acids is 1. The molecule has 2 aromatic rings. The number of nitrogens with one attached hydrogen (secondary N) is 2. The second-order valence-corrected chi connectivity index (χ2v) is 7.46. The molecule has 1 unspecified atom stereocenters. The molecule has 1 atom stereocenters. The SMILES string of the molecule is CC/C(=C1/CN[B]/C1=C/C=C(C)C)C(CN)C(=O)Nc1ccc2cnccc2c1. The van der Waals surface area contributed by atoms with Crippen molar-refractivity contribution in [1.82, 2.24) is 10.2 Å². The van der Waals surface area contributed by atoms with Crippen molar-refractivity contribution in [3.8, 4) is 0 Å². The third kappa shape index (κ3) is 5.02. The molecule has 1 saturated heterocycles. The molecule has 1 aromatic heterocycles. The molecule has 1 aromatic carbocycles. The number of carbonyl (C=O) groups is 1. The summed E-state index contributed by atoms with van der Waals surface area (Å²) in [4.78, 5) is 17.2. The van der Waals surface area contributed by atoms with Crippen LogP contribution < -0.4 is 16.3 Å². The zero-order valence-electron chi connectivity index (χ0n) is 17.3. The molecule has 0 saturated carbocycles. The Morgan fingerprint density at radius 1 is 1.34 bits per heavy atom. The van der Waals surface area contributed by atoms with Crippen molar-refractivity contribution < 1.29 is 4.79 Å². The molecule has 0 bridgehead atoms. The van der Waals surface area contributed by atoms with E-state index in [4.69, 9.17) is 5.73 Å². The van der Waals surface area contributed by atoms with Gasteiger partial charge in [0, 0.05) is 36.6 Å². The number of nitrogens with two attached hydrogens (primary N) is 1. The second-order valence-electron chi connectivity index (χ2n) is 7.46. The van der Waals surface area contributed by atoms with Crippen molar-refractivity contribution in [2.45, 2.75) is 27.2 Å². The molecule has 1 aliphatic rings. The van der Waals surface area contributed by atoms with Gasteiger partial charge in [0.15, 0.2) is 0 Å². The van der Waals surface area contributed by atoms with Gasteiger partial charge in [0.2, 0.25) is 13.3 Å². The quantitative estimate of drug-likeness (QED) is 0.663. The number of nitrogens with zero attached hydrogens (tertiary/aromatic N) is 1. The van der Waals surface area contributed by atoms with Crippen LogP contribution in [-0.4, -0.2) is 31.4 Å². The molecule has 1 amide bonds. The van der Waals surface area contributed by atoms with E-state index in [0.717, 1.165) is 40.5 Å². The number of hydrogen-bond donors (Lipinski definition) is 3. The van der Waals surface area contributed by atoms with Gasteiger partial charge in [-0.3, -0.25) is 9.78 Å². The maximum atomic E-state index is 13.1. The minimum atomic E-state index is -0.369. The molecule has 0 aliphatic carbocycles. The number of pyridine rings is 1. The van der Waals surface area contributed by atoms with Crippen LogP contribution in [0.25, 0.3) is 10.8 Å². The number of amides is 1. The lowest BCUT2D eigenvalue weighted by molar-refractivity contribution is -0.118. The Kier molecular flexibility index (Phi) is 7.01. The third-order valence-electron chi connectivity index (χ3n) is 5.13. The van der Waals surface area contributed by atoms with Crippen LogP contribution in [0.15, 0.2) is 71.0 Å². The van der Waals surface area contributed by atoms with E-state index in [1.54, 1.807) is 6.20 Å². The molecule has 1 aliphatic heterocycles. The van der Waals surface area contributed by atoms with Crippen LogP contribution in [0.5, 0.6) is 0 Å². The number of fused-ring (bicyclic) bond motifs is 1. The van der Waals surface area contributed by atoms with E-state index in [1.807, 2.05) is 37.9 Å². The molecule has 2 heterocycles. The van der Waals surface area contributed by atoms with Crippen molar-refractivity contribution in [1.29, 1.82) is 0 Å². The predicted octanol–water partition coefficient (Wildman–Crippen LogP) is 3.53. The van der Waals surface area contributed by atoms with Crippen molar-refractivity contribution in [3.05, 3.63) is 71.0 Å². The Morgan fingerprint density at radius 2 is 2.17 bits per heavy atom. The first-order valence-electron chi connectivity index (χ1n) is 10.0. The first-order valence-corrected chi connectivity index (χ1v) is 10.0. The van der Waals surface area contributed by atoms with Crippen molar-refractivity contribution in [2.75, 3.05) is 18.4 Å². The molecule has 4 N–H and O–H groups in total. The van der Waals surface area contributed by atoms with Gasteiger partial charge >= 0.3 is 0 Å². The topological polar surface area (TPSA) is 80.0 Å². The van der Waals surface area contributed by atoms with E-state index in [-0.39, 0.29) is 18.4 Å². The van der Waals surface area contributed by atoms with Crippen LogP contribution in [0.1, 0.15) is 27.2 Å². The van der Waals surface area contributed by atoms with Gasteiger partial charge in [-0.25, -0.2) is 0 Å². The summed E-state index contributed by atoms with van der Waals surface area (Å²) in [6.45, 7) is 7.21. The number of hydrogen-bond acceptors (Lipinski definition) is 4. The molecular weight excluding hydrogens is 359 g/mol. The van der Waals surface area contributed by atoms with Gasteiger partial charge in [-0.1, -0.05) is 41.8 Å². The largest absolute Gasteiger partial charge is 0.352 e. The van der Waals surface area contributed by atoms with Crippen molar-refractivity contribution >= 4 is 29.8 Å². The lowest BCUT2D eigenvalue weighted by Gasteiger charge is -2.21. The van der Waals surface area contributed by atoms with Gasteiger partial charge in [-0.15, -0.1) is 0 Å². The number of anilines is 1. The number of aromatic nitrogens is 1. The lowest BCUT2D eigenvalue weighted by atomic mass is 9.78. The van der Waals surface area contributed by atoms with Crippen molar-refractivity contribution in [2.24, 2.45) is 11.7 Å². The van der Waals surface area contributed by atoms with E-state index in [2.05, 4.69) is 48.5 Å². The highest BCUT2D eigenvalue weighted by Crippen LogP contribution is 2.27. The number of allylic oxidation sites excluding steroid dienone is 3. The first kappa shape index (κ1) is 21.0. The van der Waals surface area contributed by atoms with E-state index < -0.39 is 0 Å². The number of benzene rings is 1. The zero-order valence-corrected chi connectivity index (χ0v) is 17.3. The van der Waals surface area contributed by atoms with Gasteiger partial charge in [0.1, 0.15) is 0 Å². The highest BCUT2D eigenvalue weighted by atomic mass is 16.1. The van der Waals surface area contributed by atoms with Gasteiger partial charge in [0.25, 0.3) is 0 Å². The summed E-state index contributed by atoms with van der Waals surface area (Å²) in [5.41, 5.74) is 11.4. The number of rotatable bonds is 6. The lowest BCUT2D eigenvalue weighted by Crippen LogP contribution is -2.31.